The van der Waals surface area contributed by atoms with E-state index in [0.717, 1.165) is 16.9 Å². The molecule has 0 bridgehead atoms. The van der Waals surface area contributed by atoms with E-state index in [4.69, 9.17) is 5.73 Å². The highest BCUT2D eigenvalue weighted by molar-refractivity contribution is 5.76. The van der Waals surface area contributed by atoms with Crippen LogP contribution in [0.15, 0.2) is 48.5 Å². The van der Waals surface area contributed by atoms with Crippen LogP contribution in [-0.2, 0) is 0 Å². The van der Waals surface area contributed by atoms with Gasteiger partial charge in [0, 0.05) is 6.04 Å². The van der Waals surface area contributed by atoms with Crippen LogP contribution in [0, 0.1) is 13.8 Å². The third-order valence-corrected chi connectivity index (χ3v) is 4.06. The van der Waals surface area contributed by atoms with Gasteiger partial charge in [0.2, 0.25) is 0 Å². The van der Waals surface area contributed by atoms with E-state index in [-0.39, 0.29) is 12.1 Å². The number of fused-ring (bicyclic) bond motifs is 1. The Balaban J connectivity index is 2.26. The molecule has 0 aliphatic heterocycles. The fourth-order valence-corrected chi connectivity index (χ4v) is 3.09. The molecule has 0 radical (unpaired) electrons. The molecule has 0 amide bonds. The van der Waals surface area contributed by atoms with Gasteiger partial charge in [-0.2, -0.15) is 0 Å². The van der Waals surface area contributed by atoms with Crippen LogP contribution in [0.1, 0.15) is 29.9 Å². The van der Waals surface area contributed by atoms with Crippen molar-refractivity contribution in [3.05, 3.63) is 65.5 Å². The largest absolute Gasteiger partial charge is 0.326 e. The summed E-state index contributed by atoms with van der Waals surface area (Å²) in [7, 11) is 0. The van der Waals surface area contributed by atoms with Crippen LogP contribution in [0.2, 0.25) is 0 Å². The Morgan fingerprint density at radius 2 is 1.67 bits per heavy atom. The fraction of sp³-hybridized carbons (Fsp3) is 0.278. The fourth-order valence-electron chi connectivity index (χ4n) is 3.09. The maximum atomic E-state index is 6.34. The Morgan fingerprint density at radius 1 is 1.00 bits per heavy atom. The van der Waals surface area contributed by atoms with Gasteiger partial charge in [0.15, 0.2) is 0 Å². The second-order valence-electron chi connectivity index (χ2n) is 5.68. The summed E-state index contributed by atoms with van der Waals surface area (Å²) >= 11 is 0. The van der Waals surface area contributed by atoms with Crippen molar-refractivity contribution in [2.75, 3.05) is 0 Å². The molecule has 1 heterocycles. The molecule has 0 aliphatic rings. The molecule has 3 rings (SSSR count). The monoisotopic (exact) mass is 279 g/mol. The summed E-state index contributed by atoms with van der Waals surface area (Å²) in [6.45, 7) is 6.25. The van der Waals surface area contributed by atoms with Crippen LogP contribution in [0.4, 0.5) is 0 Å². The highest BCUT2D eigenvalue weighted by Crippen LogP contribution is 2.29. The summed E-state index contributed by atoms with van der Waals surface area (Å²) in [5.41, 5.74) is 11.0. The third-order valence-electron chi connectivity index (χ3n) is 4.06. The minimum Gasteiger partial charge on any atom is -0.326 e. The van der Waals surface area contributed by atoms with E-state index in [1.165, 1.54) is 11.1 Å². The molecule has 3 heteroatoms. The quantitative estimate of drug-likeness (QED) is 0.796. The molecule has 108 valence electrons. The topological polar surface area (TPSA) is 43.8 Å². The zero-order valence-corrected chi connectivity index (χ0v) is 12.7. The predicted molar refractivity (Wildman–Crippen MR) is 87.4 cm³/mol. The summed E-state index contributed by atoms with van der Waals surface area (Å²) in [4.78, 5) is 4.68. The van der Waals surface area contributed by atoms with Gasteiger partial charge in [-0.15, -0.1) is 0 Å². The second kappa shape index (κ2) is 5.34. The van der Waals surface area contributed by atoms with Gasteiger partial charge in [0.25, 0.3) is 0 Å². The highest BCUT2D eigenvalue weighted by atomic mass is 15.1. The van der Waals surface area contributed by atoms with Crippen LogP contribution in [-0.4, -0.2) is 15.6 Å². The molecule has 3 nitrogen and oxygen atoms in total. The standard InChI is InChI=1S/C18H21N3/c1-12-8-4-5-9-15(12)18(13(2)19)21-14(3)20-16-10-6-7-11-17(16)21/h4-11,13,18H,19H2,1-3H3. The van der Waals surface area contributed by atoms with Gasteiger partial charge in [-0.25, -0.2) is 4.98 Å². The van der Waals surface area contributed by atoms with Gasteiger partial charge in [-0.3, -0.25) is 0 Å². The normalized spacial score (nSPS) is 14.3. The lowest BCUT2D eigenvalue weighted by atomic mass is 9.96. The van der Waals surface area contributed by atoms with Gasteiger partial charge in [-0.05, 0) is 44.0 Å². The number of nitrogens with zero attached hydrogens (tertiary/aromatic N) is 2. The van der Waals surface area contributed by atoms with E-state index in [1.807, 2.05) is 13.0 Å². The summed E-state index contributed by atoms with van der Waals surface area (Å²) in [5.74, 6) is 1.00. The minimum absolute atomic E-state index is 0.00223. The van der Waals surface area contributed by atoms with Crippen LogP contribution in [0.5, 0.6) is 0 Å². The molecule has 0 spiro atoms. The van der Waals surface area contributed by atoms with E-state index < -0.39 is 0 Å². The zero-order chi connectivity index (χ0) is 15.0. The Kier molecular flexibility index (Phi) is 3.52. The van der Waals surface area contributed by atoms with E-state index in [0.29, 0.717) is 0 Å². The number of imidazole rings is 1. The maximum absolute atomic E-state index is 6.34. The molecule has 0 fully saturated rings. The number of nitrogens with two attached hydrogens (primary N) is 1. The molecule has 0 saturated carbocycles. The number of para-hydroxylation sites is 2. The van der Waals surface area contributed by atoms with Crippen molar-refractivity contribution in [3.63, 3.8) is 0 Å². The average molecular weight is 279 g/mol. The van der Waals surface area contributed by atoms with E-state index in [1.54, 1.807) is 0 Å². The molecule has 1 aromatic heterocycles. The number of benzene rings is 2. The summed E-state index contributed by atoms with van der Waals surface area (Å²) in [6.07, 6.45) is 0. The van der Waals surface area contributed by atoms with Crippen molar-refractivity contribution in [1.82, 2.24) is 9.55 Å². The second-order valence-corrected chi connectivity index (χ2v) is 5.68. The summed E-state index contributed by atoms with van der Waals surface area (Å²) in [6, 6.07) is 16.8. The minimum atomic E-state index is 0.00223. The number of aryl methyl sites for hydroxylation is 2. The van der Waals surface area contributed by atoms with Gasteiger partial charge in [-0.1, -0.05) is 36.4 Å². The predicted octanol–water partition coefficient (Wildman–Crippen LogP) is 3.59. The molecule has 2 atom stereocenters. The molecule has 2 unspecified atom stereocenters. The number of hydrogen-bond donors (Lipinski definition) is 1. The lowest BCUT2D eigenvalue weighted by Gasteiger charge is -2.26. The van der Waals surface area contributed by atoms with E-state index in [2.05, 4.69) is 65.9 Å². The molecular formula is C18H21N3. The van der Waals surface area contributed by atoms with Gasteiger partial charge in [0.05, 0.1) is 17.1 Å². The SMILES string of the molecule is Cc1ccccc1C(C(C)N)n1c(C)nc2ccccc21. The molecule has 21 heavy (non-hydrogen) atoms. The molecule has 2 aromatic carbocycles. The molecule has 2 N–H and O–H groups in total. The van der Waals surface area contributed by atoms with Gasteiger partial charge in [0.1, 0.15) is 5.82 Å². The third kappa shape index (κ3) is 2.34. The Hall–Kier alpha value is -2.13. The van der Waals surface area contributed by atoms with Crippen LogP contribution in [0.3, 0.4) is 0 Å². The number of rotatable bonds is 3. The first-order valence-corrected chi connectivity index (χ1v) is 7.34. The van der Waals surface area contributed by atoms with Crippen LogP contribution >= 0.6 is 0 Å². The van der Waals surface area contributed by atoms with Crippen molar-refractivity contribution in [3.8, 4) is 0 Å². The van der Waals surface area contributed by atoms with Crippen molar-refractivity contribution in [1.29, 1.82) is 0 Å². The van der Waals surface area contributed by atoms with Crippen molar-refractivity contribution in [2.24, 2.45) is 5.73 Å². The molecule has 0 aliphatic carbocycles. The first-order valence-electron chi connectivity index (χ1n) is 7.34. The van der Waals surface area contributed by atoms with E-state index in [9.17, 15) is 0 Å². The van der Waals surface area contributed by atoms with Gasteiger partial charge < -0.3 is 10.3 Å². The number of aromatic nitrogens is 2. The maximum Gasteiger partial charge on any atom is 0.107 e. The molecule has 3 aromatic rings. The highest BCUT2D eigenvalue weighted by Gasteiger charge is 2.23. The van der Waals surface area contributed by atoms with Crippen LogP contribution in [0.25, 0.3) is 11.0 Å². The van der Waals surface area contributed by atoms with Crippen molar-refractivity contribution in [2.45, 2.75) is 32.9 Å². The molecular weight excluding hydrogens is 258 g/mol. The summed E-state index contributed by atoms with van der Waals surface area (Å²) in [5, 5.41) is 0. The lowest BCUT2D eigenvalue weighted by molar-refractivity contribution is 0.495. The first kappa shape index (κ1) is 13.8. The molecule has 0 saturated heterocycles. The van der Waals surface area contributed by atoms with Crippen molar-refractivity contribution >= 4 is 11.0 Å². The first-order chi connectivity index (χ1) is 10.1. The Morgan fingerprint density at radius 3 is 2.38 bits per heavy atom. The zero-order valence-electron chi connectivity index (χ0n) is 12.7. The van der Waals surface area contributed by atoms with E-state index >= 15 is 0 Å². The lowest BCUT2D eigenvalue weighted by Crippen LogP contribution is -2.31. The number of hydrogen-bond acceptors (Lipinski definition) is 2. The van der Waals surface area contributed by atoms with Crippen LogP contribution < -0.4 is 5.73 Å². The average Bonchev–Trinajstić information content (AvgIpc) is 2.78. The summed E-state index contributed by atoms with van der Waals surface area (Å²) < 4.78 is 2.27. The Bertz CT molecular complexity index is 771. The smallest absolute Gasteiger partial charge is 0.107 e. The van der Waals surface area contributed by atoms with Crippen molar-refractivity contribution < 1.29 is 0 Å². The Labute approximate surface area is 125 Å². The van der Waals surface area contributed by atoms with Gasteiger partial charge >= 0.3 is 0 Å².